The molecular formula is C9H12N2O3S2. The molecule has 0 unspecified atom stereocenters. The summed E-state index contributed by atoms with van der Waals surface area (Å²) in [6, 6.07) is 0. The van der Waals surface area contributed by atoms with Crippen molar-refractivity contribution in [2.75, 3.05) is 6.26 Å². The van der Waals surface area contributed by atoms with Crippen LogP contribution in [0.4, 0.5) is 0 Å². The summed E-state index contributed by atoms with van der Waals surface area (Å²) in [6.45, 7) is 0. The minimum atomic E-state index is -3.78. The molecule has 1 saturated carbocycles. The Balaban J connectivity index is 2.49. The van der Waals surface area contributed by atoms with Crippen LogP contribution in [0.1, 0.15) is 12.8 Å². The second-order valence-electron chi connectivity index (χ2n) is 3.53. The zero-order valence-corrected chi connectivity index (χ0v) is 10.3. The van der Waals surface area contributed by atoms with Crippen molar-refractivity contribution in [3.63, 3.8) is 0 Å². The molecule has 0 aliphatic heterocycles. The number of primary sulfonamides is 1. The van der Waals surface area contributed by atoms with Crippen LogP contribution in [0.5, 0.6) is 5.75 Å². The average Bonchev–Trinajstić information content (AvgIpc) is 2.99. The Labute approximate surface area is 98.4 Å². The van der Waals surface area contributed by atoms with E-state index in [-0.39, 0.29) is 16.7 Å². The van der Waals surface area contributed by atoms with Crippen molar-refractivity contribution in [1.29, 1.82) is 0 Å². The number of rotatable bonds is 4. The molecule has 1 fully saturated rings. The molecule has 0 spiro atoms. The zero-order chi connectivity index (χ0) is 11.8. The van der Waals surface area contributed by atoms with E-state index in [9.17, 15) is 8.42 Å². The van der Waals surface area contributed by atoms with Gasteiger partial charge in [0.25, 0.3) is 0 Å². The highest BCUT2D eigenvalue weighted by Crippen LogP contribution is 2.35. The van der Waals surface area contributed by atoms with Crippen LogP contribution < -0.4 is 9.88 Å². The Kier molecular flexibility index (Phi) is 3.09. The predicted octanol–water partition coefficient (Wildman–Crippen LogP) is 0.992. The van der Waals surface area contributed by atoms with Gasteiger partial charge in [-0.2, -0.15) is 0 Å². The maximum absolute atomic E-state index is 11.5. The fraction of sp³-hybridized carbons (Fsp3) is 0.444. The zero-order valence-electron chi connectivity index (χ0n) is 8.71. The number of hydrogen-bond acceptors (Lipinski definition) is 5. The first-order chi connectivity index (χ1) is 7.52. The molecule has 2 N–H and O–H groups in total. The first-order valence-corrected chi connectivity index (χ1v) is 7.51. The second-order valence-corrected chi connectivity index (χ2v) is 5.88. The molecule has 1 heterocycles. The van der Waals surface area contributed by atoms with Gasteiger partial charge in [0, 0.05) is 11.1 Å². The molecule has 0 radical (unpaired) electrons. The van der Waals surface area contributed by atoms with E-state index in [2.05, 4.69) is 4.98 Å². The van der Waals surface area contributed by atoms with E-state index in [1.54, 1.807) is 6.26 Å². The Morgan fingerprint density at radius 1 is 1.50 bits per heavy atom. The largest absolute Gasteiger partial charge is 0.487 e. The number of aromatic nitrogens is 1. The quantitative estimate of drug-likeness (QED) is 0.816. The van der Waals surface area contributed by atoms with Gasteiger partial charge in [0.15, 0.2) is 5.75 Å². The van der Waals surface area contributed by atoms with Crippen molar-refractivity contribution in [3.8, 4) is 5.75 Å². The molecule has 0 bridgehead atoms. The molecular weight excluding hydrogens is 248 g/mol. The maximum Gasteiger partial charge on any atom is 0.242 e. The summed E-state index contributed by atoms with van der Waals surface area (Å²) >= 11 is 1.28. The molecule has 88 valence electrons. The minimum absolute atomic E-state index is 0.0434. The number of hydrogen-bond donors (Lipinski definition) is 1. The molecule has 1 aromatic rings. The van der Waals surface area contributed by atoms with E-state index in [4.69, 9.17) is 9.88 Å². The van der Waals surface area contributed by atoms with Gasteiger partial charge in [-0.3, -0.25) is 4.98 Å². The number of pyridine rings is 1. The lowest BCUT2D eigenvalue weighted by Crippen LogP contribution is -2.16. The molecule has 16 heavy (non-hydrogen) atoms. The normalized spacial score (nSPS) is 16.1. The third-order valence-corrected chi connectivity index (χ3v) is 4.02. The highest BCUT2D eigenvalue weighted by atomic mass is 32.2. The Morgan fingerprint density at radius 3 is 2.69 bits per heavy atom. The van der Waals surface area contributed by atoms with Crippen molar-refractivity contribution in [3.05, 3.63) is 12.4 Å². The van der Waals surface area contributed by atoms with E-state index in [1.165, 1.54) is 24.2 Å². The fourth-order valence-electron chi connectivity index (χ4n) is 1.29. The summed E-state index contributed by atoms with van der Waals surface area (Å²) < 4.78 is 28.5. The van der Waals surface area contributed by atoms with Gasteiger partial charge in [0.2, 0.25) is 10.0 Å². The van der Waals surface area contributed by atoms with Gasteiger partial charge >= 0.3 is 0 Å². The standard InChI is InChI=1S/C9H12N2O3S2/c1-15-8-5-11-4-7(14-6-2-3-6)9(8)16(10,12)13/h4-6H,2-3H2,1H3,(H2,10,12,13). The SMILES string of the molecule is CSc1cncc(OC2CC2)c1S(N)(=O)=O. The average molecular weight is 260 g/mol. The number of sulfonamides is 1. The first kappa shape index (κ1) is 11.7. The molecule has 5 nitrogen and oxygen atoms in total. The molecule has 2 rings (SSSR count). The van der Waals surface area contributed by atoms with Gasteiger partial charge in [-0.1, -0.05) is 0 Å². The highest BCUT2D eigenvalue weighted by molar-refractivity contribution is 7.99. The number of nitrogens with zero attached hydrogens (tertiary/aromatic N) is 1. The van der Waals surface area contributed by atoms with Crippen LogP contribution in [0.3, 0.4) is 0 Å². The van der Waals surface area contributed by atoms with Gasteiger partial charge in [0.1, 0.15) is 4.90 Å². The first-order valence-electron chi connectivity index (χ1n) is 4.74. The van der Waals surface area contributed by atoms with Crippen LogP contribution in [0.15, 0.2) is 22.2 Å². The second kappa shape index (κ2) is 4.23. The van der Waals surface area contributed by atoms with Crippen LogP contribution >= 0.6 is 11.8 Å². The van der Waals surface area contributed by atoms with Gasteiger partial charge < -0.3 is 4.74 Å². The van der Waals surface area contributed by atoms with E-state index in [1.807, 2.05) is 0 Å². The Hall–Kier alpha value is -0.790. The van der Waals surface area contributed by atoms with E-state index >= 15 is 0 Å². The van der Waals surface area contributed by atoms with Gasteiger partial charge in [-0.05, 0) is 19.1 Å². The third-order valence-electron chi connectivity index (χ3n) is 2.15. The van der Waals surface area contributed by atoms with Crippen LogP contribution in [0.25, 0.3) is 0 Å². The third kappa shape index (κ3) is 2.47. The van der Waals surface area contributed by atoms with E-state index in [0.717, 1.165) is 12.8 Å². The number of nitrogens with two attached hydrogens (primary N) is 1. The lowest BCUT2D eigenvalue weighted by atomic mass is 10.4. The molecule has 0 amide bonds. The van der Waals surface area contributed by atoms with Crippen LogP contribution in [0, 0.1) is 0 Å². The van der Waals surface area contributed by atoms with E-state index in [0.29, 0.717) is 4.90 Å². The summed E-state index contributed by atoms with van der Waals surface area (Å²) in [5.41, 5.74) is 0. The van der Waals surface area contributed by atoms with Crippen molar-refractivity contribution in [2.24, 2.45) is 5.14 Å². The Bertz CT molecular complexity index is 497. The molecule has 1 aliphatic rings. The predicted molar refractivity (Wildman–Crippen MR) is 61.0 cm³/mol. The van der Waals surface area contributed by atoms with Crippen molar-refractivity contribution < 1.29 is 13.2 Å². The van der Waals surface area contributed by atoms with Crippen LogP contribution in [-0.2, 0) is 10.0 Å². The van der Waals surface area contributed by atoms with E-state index < -0.39 is 10.0 Å². The smallest absolute Gasteiger partial charge is 0.242 e. The van der Waals surface area contributed by atoms with Gasteiger partial charge in [-0.25, -0.2) is 13.6 Å². The van der Waals surface area contributed by atoms with Crippen molar-refractivity contribution >= 4 is 21.8 Å². The lowest BCUT2D eigenvalue weighted by molar-refractivity contribution is 0.292. The van der Waals surface area contributed by atoms with Gasteiger partial charge in [0.05, 0.1) is 12.3 Å². The summed E-state index contributed by atoms with van der Waals surface area (Å²) in [6.07, 6.45) is 6.66. The monoisotopic (exact) mass is 260 g/mol. The van der Waals surface area contributed by atoms with Crippen LogP contribution in [0.2, 0.25) is 0 Å². The van der Waals surface area contributed by atoms with Crippen LogP contribution in [-0.4, -0.2) is 25.8 Å². The lowest BCUT2D eigenvalue weighted by Gasteiger charge is -2.11. The molecule has 0 atom stereocenters. The van der Waals surface area contributed by atoms with Crippen molar-refractivity contribution in [1.82, 2.24) is 4.98 Å². The Morgan fingerprint density at radius 2 is 2.19 bits per heavy atom. The molecule has 1 aliphatic carbocycles. The molecule has 1 aromatic heterocycles. The number of thioether (sulfide) groups is 1. The number of ether oxygens (including phenoxy) is 1. The fourth-order valence-corrected chi connectivity index (χ4v) is 3.05. The molecule has 7 heteroatoms. The summed E-state index contributed by atoms with van der Waals surface area (Å²) in [5, 5.41) is 5.18. The van der Waals surface area contributed by atoms with Gasteiger partial charge in [-0.15, -0.1) is 11.8 Å². The summed E-state index contributed by atoms with van der Waals surface area (Å²) in [7, 11) is -3.78. The minimum Gasteiger partial charge on any atom is -0.487 e. The van der Waals surface area contributed by atoms with Crippen molar-refractivity contribution in [2.45, 2.75) is 28.7 Å². The topological polar surface area (TPSA) is 82.3 Å². The molecule has 0 aromatic carbocycles. The molecule has 0 saturated heterocycles. The highest BCUT2D eigenvalue weighted by Gasteiger charge is 2.28. The maximum atomic E-state index is 11.5. The summed E-state index contributed by atoms with van der Waals surface area (Å²) in [5.74, 6) is 0.261. The summed E-state index contributed by atoms with van der Waals surface area (Å²) in [4.78, 5) is 4.50.